The zero-order valence-electron chi connectivity index (χ0n) is 9.57. The van der Waals surface area contributed by atoms with E-state index in [4.69, 9.17) is 4.74 Å². The fourth-order valence-electron chi connectivity index (χ4n) is 2.33. The summed E-state index contributed by atoms with van der Waals surface area (Å²) in [7, 11) is 0. The molecule has 0 aromatic carbocycles. The Bertz CT molecular complexity index is 401. The molecule has 1 aliphatic heterocycles. The lowest BCUT2D eigenvalue weighted by atomic mass is 9.85. The van der Waals surface area contributed by atoms with Crippen LogP contribution in [0.5, 0.6) is 0 Å². The second kappa shape index (κ2) is 4.59. The third kappa shape index (κ3) is 2.11. The summed E-state index contributed by atoms with van der Waals surface area (Å²) in [5.41, 5.74) is 0. The monoisotopic (exact) mass is 302 g/mol. The number of carbonyl (C=O) groups excluding carboxylic acids is 1. The minimum Gasteiger partial charge on any atom is -0.374 e. The van der Waals surface area contributed by atoms with Gasteiger partial charge in [-0.05, 0) is 47.8 Å². The molecule has 0 amide bonds. The number of carbonyl (C=O) groups is 1. The number of ketones is 1. The van der Waals surface area contributed by atoms with Crippen molar-refractivity contribution in [3.63, 3.8) is 0 Å². The van der Waals surface area contributed by atoms with Gasteiger partial charge in [0, 0.05) is 0 Å². The number of Topliss-reactive ketones (excluding diaryl/α,β-unsaturated/α-hetero) is 1. The summed E-state index contributed by atoms with van der Waals surface area (Å²) in [6.07, 6.45) is 0.200. The first-order valence-corrected chi connectivity index (χ1v) is 7.06. The van der Waals surface area contributed by atoms with Crippen molar-refractivity contribution >= 4 is 33.0 Å². The molecule has 0 N–H and O–H groups in total. The van der Waals surface area contributed by atoms with Gasteiger partial charge in [-0.15, -0.1) is 11.3 Å². The van der Waals surface area contributed by atoms with Crippen LogP contribution in [0.15, 0.2) is 15.9 Å². The number of ether oxygens (including phenoxy) is 1. The summed E-state index contributed by atoms with van der Waals surface area (Å²) in [5, 5.41) is 0. The van der Waals surface area contributed by atoms with Crippen molar-refractivity contribution in [1.29, 1.82) is 0 Å². The van der Waals surface area contributed by atoms with E-state index < -0.39 is 0 Å². The average Bonchev–Trinajstić information content (AvgIpc) is 2.73. The molecular weight excluding hydrogens is 288 g/mol. The van der Waals surface area contributed by atoms with Crippen LogP contribution in [0.25, 0.3) is 0 Å². The number of halogens is 1. The van der Waals surface area contributed by atoms with Gasteiger partial charge in [0.15, 0.2) is 5.78 Å². The number of thiophene rings is 1. The Kier molecular flexibility index (Phi) is 3.52. The molecule has 1 aliphatic rings. The largest absolute Gasteiger partial charge is 0.374 e. The molecular formula is C12H15BrO2S. The van der Waals surface area contributed by atoms with Gasteiger partial charge in [0.25, 0.3) is 0 Å². The maximum Gasteiger partial charge on any atom is 0.178 e. The quantitative estimate of drug-likeness (QED) is 0.778. The van der Waals surface area contributed by atoms with Crippen molar-refractivity contribution in [2.24, 2.45) is 11.8 Å². The molecule has 0 saturated carbocycles. The van der Waals surface area contributed by atoms with Gasteiger partial charge < -0.3 is 4.74 Å². The van der Waals surface area contributed by atoms with E-state index in [9.17, 15) is 4.79 Å². The van der Waals surface area contributed by atoms with Crippen LogP contribution in [0.4, 0.5) is 0 Å². The zero-order chi connectivity index (χ0) is 11.9. The lowest BCUT2D eigenvalue weighted by Crippen LogP contribution is -2.26. The highest BCUT2D eigenvalue weighted by Crippen LogP contribution is 2.36. The summed E-state index contributed by atoms with van der Waals surface area (Å²) in [6, 6.07) is 3.81. The van der Waals surface area contributed by atoms with E-state index in [2.05, 4.69) is 22.9 Å². The van der Waals surface area contributed by atoms with E-state index in [0.29, 0.717) is 5.92 Å². The minimum atomic E-state index is 0.000509. The van der Waals surface area contributed by atoms with Crippen molar-refractivity contribution in [1.82, 2.24) is 0 Å². The van der Waals surface area contributed by atoms with Crippen LogP contribution in [0.1, 0.15) is 30.4 Å². The molecule has 88 valence electrons. The van der Waals surface area contributed by atoms with E-state index >= 15 is 0 Å². The SMILES string of the molecule is CC1OC(C)C(C(=O)c2ccc(Br)s2)C1C. The van der Waals surface area contributed by atoms with Gasteiger partial charge in [-0.25, -0.2) is 0 Å². The Hall–Kier alpha value is -0.190. The molecule has 1 fully saturated rings. The Labute approximate surface area is 108 Å². The molecule has 1 aromatic heterocycles. The van der Waals surface area contributed by atoms with E-state index in [-0.39, 0.29) is 23.9 Å². The molecule has 1 aromatic rings. The third-order valence-electron chi connectivity index (χ3n) is 3.36. The fourth-order valence-corrected chi connectivity index (χ4v) is 3.70. The van der Waals surface area contributed by atoms with Gasteiger partial charge in [0.05, 0.1) is 26.8 Å². The Balaban J connectivity index is 2.22. The van der Waals surface area contributed by atoms with Gasteiger partial charge in [0.2, 0.25) is 0 Å². The molecule has 0 bridgehead atoms. The Morgan fingerprint density at radius 2 is 2.00 bits per heavy atom. The minimum absolute atomic E-state index is 0.000509. The molecule has 0 aliphatic carbocycles. The second-order valence-electron chi connectivity index (χ2n) is 4.40. The highest BCUT2D eigenvalue weighted by atomic mass is 79.9. The normalized spacial score (nSPS) is 34.2. The highest BCUT2D eigenvalue weighted by Gasteiger charge is 2.41. The molecule has 2 heterocycles. The summed E-state index contributed by atoms with van der Waals surface area (Å²) >= 11 is 4.89. The van der Waals surface area contributed by atoms with Crippen LogP contribution in [0, 0.1) is 11.8 Å². The number of rotatable bonds is 2. The molecule has 1 saturated heterocycles. The van der Waals surface area contributed by atoms with Gasteiger partial charge in [-0.3, -0.25) is 4.79 Å². The van der Waals surface area contributed by atoms with Gasteiger partial charge in [0.1, 0.15) is 0 Å². The summed E-state index contributed by atoms with van der Waals surface area (Å²) < 4.78 is 6.71. The molecule has 4 atom stereocenters. The lowest BCUT2D eigenvalue weighted by molar-refractivity contribution is 0.0492. The van der Waals surface area contributed by atoms with Gasteiger partial charge >= 0.3 is 0 Å². The van der Waals surface area contributed by atoms with Crippen molar-refractivity contribution in [3.05, 3.63) is 20.8 Å². The fraction of sp³-hybridized carbons (Fsp3) is 0.583. The molecule has 16 heavy (non-hydrogen) atoms. The maximum atomic E-state index is 12.3. The molecule has 2 rings (SSSR count). The molecule has 4 unspecified atom stereocenters. The molecule has 0 radical (unpaired) electrons. The van der Waals surface area contributed by atoms with Crippen LogP contribution in [-0.2, 0) is 4.74 Å². The first-order chi connectivity index (χ1) is 7.50. The summed E-state index contributed by atoms with van der Waals surface area (Å²) in [6.45, 7) is 6.13. The molecule has 4 heteroatoms. The second-order valence-corrected chi connectivity index (χ2v) is 6.86. The Morgan fingerprint density at radius 3 is 2.44 bits per heavy atom. The predicted molar refractivity (Wildman–Crippen MR) is 69.0 cm³/mol. The first kappa shape index (κ1) is 12.3. The van der Waals surface area contributed by atoms with Gasteiger partial charge in [-0.2, -0.15) is 0 Å². The predicted octanol–water partition coefficient (Wildman–Crippen LogP) is 3.75. The molecule has 2 nitrogen and oxygen atoms in total. The number of hydrogen-bond donors (Lipinski definition) is 0. The van der Waals surface area contributed by atoms with Crippen molar-refractivity contribution in [2.45, 2.75) is 33.0 Å². The van der Waals surface area contributed by atoms with Crippen LogP contribution < -0.4 is 0 Å². The van der Waals surface area contributed by atoms with E-state index in [1.807, 2.05) is 26.0 Å². The van der Waals surface area contributed by atoms with Crippen LogP contribution in [0.3, 0.4) is 0 Å². The first-order valence-electron chi connectivity index (χ1n) is 5.45. The van der Waals surface area contributed by atoms with Crippen molar-refractivity contribution in [2.75, 3.05) is 0 Å². The van der Waals surface area contributed by atoms with Crippen molar-refractivity contribution in [3.8, 4) is 0 Å². The van der Waals surface area contributed by atoms with E-state index in [0.717, 1.165) is 8.66 Å². The molecule has 0 spiro atoms. The zero-order valence-corrected chi connectivity index (χ0v) is 12.0. The van der Waals surface area contributed by atoms with E-state index in [1.165, 1.54) is 11.3 Å². The van der Waals surface area contributed by atoms with Gasteiger partial charge in [-0.1, -0.05) is 6.92 Å². The standard InChI is InChI=1S/C12H15BrO2S/c1-6-7(2)15-8(3)11(6)12(14)9-4-5-10(13)16-9/h4-8,11H,1-3H3. The van der Waals surface area contributed by atoms with Crippen LogP contribution in [-0.4, -0.2) is 18.0 Å². The van der Waals surface area contributed by atoms with Crippen LogP contribution in [0.2, 0.25) is 0 Å². The maximum absolute atomic E-state index is 12.3. The summed E-state index contributed by atoms with van der Waals surface area (Å²) in [4.78, 5) is 13.2. The highest BCUT2D eigenvalue weighted by molar-refractivity contribution is 9.11. The topological polar surface area (TPSA) is 26.3 Å². The van der Waals surface area contributed by atoms with E-state index in [1.54, 1.807) is 0 Å². The smallest absolute Gasteiger partial charge is 0.178 e. The lowest BCUT2D eigenvalue weighted by Gasteiger charge is -2.15. The van der Waals surface area contributed by atoms with Crippen LogP contribution >= 0.6 is 27.3 Å². The Morgan fingerprint density at radius 1 is 1.31 bits per heavy atom. The third-order valence-corrected chi connectivity index (χ3v) is 5.00. The average molecular weight is 303 g/mol. The number of hydrogen-bond acceptors (Lipinski definition) is 3. The summed E-state index contributed by atoms with van der Waals surface area (Å²) in [5.74, 6) is 0.518. The van der Waals surface area contributed by atoms with Crippen molar-refractivity contribution < 1.29 is 9.53 Å².